The van der Waals surface area contributed by atoms with Gasteiger partial charge in [-0.1, -0.05) is 43.3 Å². The summed E-state index contributed by atoms with van der Waals surface area (Å²) in [6.45, 7) is 16.6. The van der Waals surface area contributed by atoms with Gasteiger partial charge in [0.15, 0.2) is 0 Å². The molecule has 0 unspecified atom stereocenters. The maximum Gasteiger partial charge on any atom is 0.0201 e. The molecule has 0 heteroatoms. The van der Waals surface area contributed by atoms with Gasteiger partial charge < -0.3 is 0 Å². The summed E-state index contributed by atoms with van der Waals surface area (Å²) in [5, 5.41) is 0. The van der Waals surface area contributed by atoms with E-state index in [0.29, 0.717) is 17.8 Å². The van der Waals surface area contributed by atoms with E-state index in [0.717, 1.165) is 0 Å². The fourth-order valence-corrected chi connectivity index (χ4v) is 7.76. The molecular weight excluding hydrogens is 348 g/mol. The molecule has 0 aromatic heterocycles. The lowest BCUT2D eigenvalue weighted by atomic mass is 9.60. The predicted molar refractivity (Wildman–Crippen MR) is 122 cm³/mol. The van der Waals surface area contributed by atoms with Crippen LogP contribution in [0.5, 0.6) is 0 Å². The Kier molecular flexibility index (Phi) is 3.15. The quantitative estimate of drug-likeness (QED) is 0.388. The molecule has 0 saturated heterocycles. The van der Waals surface area contributed by atoms with Crippen molar-refractivity contribution in [2.24, 2.45) is 0 Å². The summed E-state index contributed by atoms with van der Waals surface area (Å²) < 4.78 is 0. The van der Waals surface area contributed by atoms with Gasteiger partial charge in [-0.25, -0.2) is 0 Å². The molecule has 3 aliphatic carbocycles. The minimum atomic E-state index is 0.154. The minimum Gasteiger partial charge on any atom is -0.0588 e. The Labute approximate surface area is 175 Å². The normalized spacial score (nSPS) is 27.6. The van der Waals surface area contributed by atoms with Crippen molar-refractivity contribution in [2.75, 3.05) is 0 Å². The van der Waals surface area contributed by atoms with Gasteiger partial charge >= 0.3 is 0 Å². The maximum absolute atomic E-state index is 2.59. The largest absolute Gasteiger partial charge is 0.0588 e. The number of benzene rings is 3. The summed E-state index contributed by atoms with van der Waals surface area (Å²) in [6.07, 6.45) is 0. The van der Waals surface area contributed by atoms with E-state index in [1.807, 2.05) is 0 Å². The number of rotatable bonds is 0. The molecule has 4 bridgehead atoms. The SMILES string of the molecule is Cc1ccc(C)c2c1[C@H]1c3c(C)ccc(C)c3[C@@]3(C)[C@@H]2c2c(C)ccc(C)c2[C@@H]13. The highest BCUT2D eigenvalue weighted by Gasteiger charge is 2.65. The Balaban J connectivity index is 1.88. The van der Waals surface area contributed by atoms with Gasteiger partial charge in [-0.2, -0.15) is 0 Å². The van der Waals surface area contributed by atoms with E-state index in [9.17, 15) is 0 Å². The first-order valence-corrected chi connectivity index (χ1v) is 11.1. The molecule has 0 heterocycles. The number of hydrogen-bond acceptors (Lipinski definition) is 0. The van der Waals surface area contributed by atoms with E-state index in [1.54, 1.807) is 33.4 Å². The van der Waals surface area contributed by atoms with Gasteiger partial charge in [-0.15, -0.1) is 0 Å². The highest BCUT2D eigenvalue weighted by Crippen LogP contribution is 2.75. The molecular formula is C29H30. The van der Waals surface area contributed by atoms with Gasteiger partial charge in [0.25, 0.3) is 0 Å². The maximum atomic E-state index is 2.59. The molecule has 0 saturated carbocycles. The van der Waals surface area contributed by atoms with Crippen molar-refractivity contribution in [3.63, 3.8) is 0 Å². The number of fused-ring (bicyclic) bond motifs is 7. The molecule has 0 fully saturated rings. The lowest BCUT2D eigenvalue weighted by molar-refractivity contribution is 0.356. The zero-order valence-corrected chi connectivity index (χ0v) is 18.7. The molecule has 3 aromatic carbocycles. The summed E-state index contributed by atoms with van der Waals surface area (Å²) in [5.41, 5.74) is 18.9. The van der Waals surface area contributed by atoms with Gasteiger partial charge in [0.1, 0.15) is 0 Å². The van der Waals surface area contributed by atoms with Crippen molar-refractivity contribution in [2.45, 2.75) is 71.6 Å². The standard InChI is InChI=1S/C29H30/c1-14-8-9-15(2)21-20(14)25-24-18(5)12-13-19(6)26(24)29(7)27(21)22-16(3)10-11-17(4)23(22)28(25)29/h8-13,25,27-28H,1-7H3/t25-,27-,28-,29-/m0/s1. The van der Waals surface area contributed by atoms with Crippen LogP contribution in [0.2, 0.25) is 0 Å². The lowest BCUT2D eigenvalue weighted by Gasteiger charge is -2.42. The molecule has 0 spiro atoms. The Bertz CT molecular complexity index is 1240. The molecule has 0 nitrogen and oxygen atoms in total. The third-order valence-corrected chi connectivity index (χ3v) is 8.75. The van der Waals surface area contributed by atoms with Gasteiger partial charge in [-0.3, -0.25) is 0 Å². The van der Waals surface area contributed by atoms with E-state index >= 15 is 0 Å². The van der Waals surface area contributed by atoms with Crippen LogP contribution in [0.3, 0.4) is 0 Å². The number of hydrogen-bond donors (Lipinski definition) is 0. The molecule has 0 amide bonds. The molecule has 6 rings (SSSR count). The van der Waals surface area contributed by atoms with Crippen molar-refractivity contribution in [1.29, 1.82) is 0 Å². The summed E-state index contributed by atoms with van der Waals surface area (Å²) >= 11 is 0. The van der Waals surface area contributed by atoms with Gasteiger partial charge in [0.05, 0.1) is 0 Å². The summed E-state index contributed by atoms with van der Waals surface area (Å²) in [5.74, 6) is 1.52. The third kappa shape index (κ3) is 1.75. The summed E-state index contributed by atoms with van der Waals surface area (Å²) in [6, 6.07) is 14.2. The molecule has 0 radical (unpaired) electrons. The van der Waals surface area contributed by atoms with Crippen LogP contribution in [0.1, 0.15) is 91.4 Å². The Morgan fingerprint density at radius 2 is 0.931 bits per heavy atom. The second-order valence-electron chi connectivity index (χ2n) is 10.2. The molecule has 29 heavy (non-hydrogen) atoms. The van der Waals surface area contributed by atoms with Crippen molar-refractivity contribution >= 4 is 0 Å². The van der Waals surface area contributed by atoms with Crippen LogP contribution in [-0.4, -0.2) is 0 Å². The van der Waals surface area contributed by atoms with Crippen molar-refractivity contribution < 1.29 is 0 Å². The van der Waals surface area contributed by atoms with E-state index < -0.39 is 0 Å². The van der Waals surface area contributed by atoms with E-state index in [4.69, 9.17) is 0 Å². The lowest BCUT2D eigenvalue weighted by Crippen LogP contribution is -2.35. The fourth-order valence-electron chi connectivity index (χ4n) is 7.76. The predicted octanol–water partition coefficient (Wildman–Crippen LogP) is 7.18. The van der Waals surface area contributed by atoms with Crippen LogP contribution in [0.4, 0.5) is 0 Å². The highest BCUT2D eigenvalue weighted by molar-refractivity contribution is 5.75. The van der Waals surface area contributed by atoms with Crippen LogP contribution >= 0.6 is 0 Å². The average Bonchev–Trinajstić information content (AvgIpc) is 2.98. The van der Waals surface area contributed by atoms with Crippen LogP contribution in [0.25, 0.3) is 0 Å². The van der Waals surface area contributed by atoms with E-state index in [-0.39, 0.29) is 5.41 Å². The Hall–Kier alpha value is -2.34. The molecule has 3 aliphatic rings. The Morgan fingerprint density at radius 3 is 1.52 bits per heavy atom. The molecule has 3 aromatic rings. The van der Waals surface area contributed by atoms with Crippen LogP contribution in [0, 0.1) is 41.5 Å². The van der Waals surface area contributed by atoms with Crippen LogP contribution < -0.4 is 0 Å². The average molecular weight is 379 g/mol. The molecule has 146 valence electrons. The van der Waals surface area contributed by atoms with E-state index in [2.05, 4.69) is 84.9 Å². The molecule has 0 N–H and O–H groups in total. The summed E-state index contributed by atoms with van der Waals surface area (Å²) in [4.78, 5) is 0. The monoisotopic (exact) mass is 378 g/mol. The van der Waals surface area contributed by atoms with Crippen LogP contribution in [-0.2, 0) is 5.41 Å². The minimum absolute atomic E-state index is 0.154. The fraction of sp³-hybridized carbons (Fsp3) is 0.379. The van der Waals surface area contributed by atoms with Gasteiger partial charge in [-0.05, 0) is 108 Å². The zero-order chi connectivity index (χ0) is 20.4. The van der Waals surface area contributed by atoms with Crippen LogP contribution in [0.15, 0.2) is 36.4 Å². The zero-order valence-electron chi connectivity index (χ0n) is 18.7. The topological polar surface area (TPSA) is 0 Å². The highest BCUT2D eigenvalue weighted by atomic mass is 14.7. The first kappa shape index (κ1) is 17.5. The van der Waals surface area contributed by atoms with Crippen molar-refractivity contribution in [3.05, 3.63) is 103 Å². The van der Waals surface area contributed by atoms with Crippen molar-refractivity contribution in [1.82, 2.24) is 0 Å². The smallest absolute Gasteiger partial charge is 0.0201 e. The molecule has 4 atom stereocenters. The van der Waals surface area contributed by atoms with Gasteiger partial charge in [0.2, 0.25) is 0 Å². The summed E-state index contributed by atoms with van der Waals surface area (Å²) in [7, 11) is 0. The van der Waals surface area contributed by atoms with Crippen molar-refractivity contribution in [3.8, 4) is 0 Å². The number of aryl methyl sites for hydroxylation is 6. The second-order valence-corrected chi connectivity index (χ2v) is 10.2. The second kappa shape index (κ2) is 5.22. The first-order chi connectivity index (χ1) is 13.8. The van der Waals surface area contributed by atoms with Gasteiger partial charge in [0, 0.05) is 23.2 Å². The molecule has 0 aliphatic heterocycles. The Morgan fingerprint density at radius 1 is 0.517 bits per heavy atom. The third-order valence-electron chi connectivity index (χ3n) is 8.75. The first-order valence-electron chi connectivity index (χ1n) is 11.1. The van der Waals surface area contributed by atoms with E-state index in [1.165, 1.54) is 33.4 Å².